The van der Waals surface area contributed by atoms with Gasteiger partial charge in [0, 0.05) is 36.5 Å². The number of ether oxygens (including phenoxy) is 5. The van der Waals surface area contributed by atoms with E-state index in [4.69, 9.17) is 23.7 Å². The minimum absolute atomic E-state index is 0.0823. The SMILES string of the molecule is CCCCOCC1O[C@H](C(=O)c2ccc(Br)cc2C)C(OCCCC)C(OCCCC)[C@@H]1OCCCC. The molecule has 0 amide bonds. The maximum Gasteiger partial charge on any atom is 0.194 e. The minimum atomic E-state index is -0.797. The van der Waals surface area contributed by atoms with E-state index in [1.807, 2.05) is 25.1 Å². The van der Waals surface area contributed by atoms with Crippen LogP contribution < -0.4 is 0 Å². The van der Waals surface area contributed by atoms with E-state index in [1.54, 1.807) is 0 Å². The second kappa shape index (κ2) is 18.5. The zero-order chi connectivity index (χ0) is 27.0. The van der Waals surface area contributed by atoms with Gasteiger partial charge in [-0.05, 0) is 56.4 Å². The Morgan fingerprint density at radius 3 is 1.92 bits per heavy atom. The van der Waals surface area contributed by atoms with E-state index < -0.39 is 24.4 Å². The molecule has 0 aliphatic carbocycles. The summed E-state index contributed by atoms with van der Waals surface area (Å²) in [4.78, 5) is 14.0. The third-order valence-corrected chi connectivity index (χ3v) is 7.19. The average molecular weight is 586 g/mol. The molecule has 0 saturated carbocycles. The van der Waals surface area contributed by atoms with Gasteiger partial charge < -0.3 is 23.7 Å². The van der Waals surface area contributed by atoms with Gasteiger partial charge in [-0.1, -0.05) is 69.3 Å². The van der Waals surface area contributed by atoms with E-state index >= 15 is 0 Å². The average Bonchev–Trinajstić information content (AvgIpc) is 2.88. The van der Waals surface area contributed by atoms with E-state index in [0.717, 1.165) is 61.4 Å². The molecule has 0 spiro atoms. The van der Waals surface area contributed by atoms with Crippen LogP contribution in [0.5, 0.6) is 0 Å². The van der Waals surface area contributed by atoms with Gasteiger partial charge in [0.05, 0.1) is 6.61 Å². The number of unbranched alkanes of at least 4 members (excludes halogenated alkanes) is 4. The molecular weight excluding hydrogens is 536 g/mol. The van der Waals surface area contributed by atoms with Gasteiger partial charge in [-0.3, -0.25) is 4.79 Å². The Labute approximate surface area is 233 Å². The molecule has 1 aliphatic heterocycles. The van der Waals surface area contributed by atoms with E-state index in [1.165, 1.54) is 0 Å². The summed E-state index contributed by atoms with van der Waals surface area (Å²) in [7, 11) is 0. The molecule has 1 saturated heterocycles. The van der Waals surface area contributed by atoms with Crippen molar-refractivity contribution < 1.29 is 28.5 Å². The van der Waals surface area contributed by atoms with E-state index in [9.17, 15) is 4.79 Å². The van der Waals surface area contributed by atoms with Crippen molar-refractivity contribution in [3.63, 3.8) is 0 Å². The van der Waals surface area contributed by atoms with Crippen molar-refractivity contribution in [2.75, 3.05) is 33.0 Å². The van der Waals surface area contributed by atoms with Crippen molar-refractivity contribution >= 4 is 21.7 Å². The molecule has 0 N–H and O–H groups in total. The lowest BCUT2D eigenvalue weighted by Crippen LogP contribution is -2.63. The van der Waals surface area contributed by atoms with Crippen molar-refractivity contribution in [2.45, 2.75) is 117 Å². The predicted molar refractivity (Wildman–Crippen MR) is 152 cm³/mol. The number of hydrogen-bond donors (Lipinski definition) is 0. The highest BCUT2D eigenvalue weighted by atomic mass is 79.9. The number of aryl methyl sites for hydroxylation is 1. The van der Waals surface area contributed by atoms with Gasteiger partial charge in [-0.2, -0.15) is 0 Å². The highest BCUT2D eigenvalue weighted by Crippen LogP contribution is 2.32. The number of benzene rings is 1. The Hall–Kier alpha value is -0.830. The van der Waals surface area contributed by atoms with Crippen LogP contribution in [0.25, 0.3) is 0 Å². The maximum atomic E-state index is 14.0. The van der Waals surface area contributed by atoms with Gasteiger partial charge in [-0.15, -0.1) is 0 Å². The van der Waals surface area contributed by atoms with Crippen molar-refractivity contribution in [1.29, 1.82) is 0 Å². The third-order valence-electron chi connectivity index (χ3n) is 6.70. The van der Waals surface area contributed by atoms with Crippen LogP contribution in [0, 0.1) is 6.92 Å². The van der Waals surface area contributed by atoms with Crippen LogP contribution in [-0.4, -0.2) is 69.3 Å². The van der Waals surface area contributed by atoms with Crippen molar-refractivity contribution in [3.8, 4) is 0 Å². The molecular formula is C30H49BrO6. The highest BCUT2D eigenvalue weighted by Gasteiger charge is 2.50. The lowest BCUT2D eigenvalue weighted by molar-refractivity contribution is -0.254. The van der Waals surface area contributed by atoms with E-state index in [-0.39, 0.29) is 11.9 Å². The molecule has 6 nitrogen and oxygen atoms in total. The number of carbonyl (C=O) groups is 1. The Bertz CT molecular complexity index is 772. The van der Waals surface area contributed by atoms with Crippen LogP contribution >= 0.6 is 15.9 Å². The molecule has 7 heteroatoms. The first kappa shape index (κ1) is 32.4. The van der Waals surface area contributed by atoms with Crippen LogP contribution in [0.3, 0.4) is 0 Å². The fourth-order valence-corrected chi connectivity index (χ4v) is 4.90. The molecule has 0 radical (unpaired) electrons. The number of halogens is 1. The molecule has 1 aromatic rings. The summed E-state index contributed by atoms with van der Waals surface area (Å²) in [6.07, 6.45) is 5.32. The zero-order valence-electron chi connectivity index (χ0n) is 23.6. The van der Waals surface area contributed by atoms with Gasteiger partial charge in [0.15, 0.2) is 5.78 Å². The number of rotatable bonds is 19. The molecule has 0 aromatic heterocycles. The number of carbonyl (C=O) groups excluding carboxylic acids is 1. The second-order valence-corrected chi connectivity index (χ2v) is 10.8. The van der Waals surface area contributed by atoms with Gasteiger partial charge in [0.2, 0.25) is 0 Å². The molecule has 37 heavy (non-hydrogen) atoms. The van der Waals surface area contributed by atoms with Crippen LogP contribution in [0.15, 0.2) is 22.7 Å². The number of ketones is 1. The van der Waals surface area contributed by atoms with Gasteiger partial charge in [0.25, 0.3) is 0 Å². The molecule has 5 atom stereocenters. The Kier molecular flexibility index (Phi) is 16.2. The summed E-state index contributed by atoms with van der Waals surface area (Å²) < 4.78 is 32.8. The molecule has 1 heterocycles. The number of hydrogen-bond acceptors (Lipinski definition) is 6. The highest BCUT2D eigenvalue weighted by molar-refractivity contribution is 9.10. The topological polar surface area (TPSA) is 63.2 Å². The second-order valence-electron chi connectivity index (χ2n) is 9.91. The van der Waals surface area contributed by atoms with Crippen LogP contribution in [0.1, 0.15) is 95.0 Å². The van der Waals surface area contributed by atoms with Crippen molar-refractivity contribution in [3.05, 3.63) is 33.8 Å². The van der Waals surface area contributed by atoms with Crippen LogP contribution in [0.4, 0.5) is 0 Å². The van der Waals surface area contributed by atoms with Gasteiger partial charge >= 0.3 is 0 Å². The van der Waals surface area contributed by atoms with Crippen LogP contribution in [0.2, 0.25) is 0 Å². The first-order chi connectivity index (χ1) is 18.0. The Morgan fingerprint density at radius 2 is 1.35 bits per heavy atom. The quantitative estimate of drug-likeness (QED) is 0.128. The lowest BCUT2D eigenvalue weighted by atomic mass is 9.89. The molecule has 2 rings (SSSR count). The largest absolute Gasteiger partial charge is 0.379 e. The monoisotopic (exact) mass is 584 g/mol. The molecule has 212 valence electrons. The van der Waals surface area contributed by atoms with E-state index in [0.29, 0.717) is 38.6 Å². The van der Waals surface area contributed by atoms with Crippen molar-refractivity contribution in [1.82, 2.24) is 0 Å². The summed E-state index contributed by atoms with van der Waals surface area (Å²) >= 11 is 3.51. The van der Waals surface area contributed by atoms with Crippen LogP contribution in [-0.2, 0) is 23.7 Å². The Morgan fingerprint density at radius 1 is 0.811 bits per heavy atom. The first-order valence-corrected chi connectivity index (χ1v) is 15.2. The molecule has 1 aromatic carbocycles. The molecule has 0 bridgehead atoms. The summed E-state index contributed by atoms with van der Waals surface area (Å²) in [5.41, 5.74) is 1.54. The zero-order valence-corrected chi connectivity index (χ0v) is 25.2. The third kappa shape index (κ3) is 10.3. The first-order valence-electron chi connectivity index (χ1n) is 14.4. The maximum absolute atomic E-state index is 14.0. The minimum Gasteiger partial charge on any atom is -0.379 e. The van der Waals surface area contributed by atoms with Crippen molar-refractivity contribution in [2.24, 2.45) is 0 Å². The summed E-state index contributed by atoms with van der Waals surface area (Å²) in [6, 6.07) is 5.71. The fraction of sp³-hybridized carbons (Fsp3) is 0.767. The smallest absolute Gasteiger partial charge is 0.194 e. The molecule has 1 fully saturated rings. The van der Waals surface area contributed by atoms with Gasteiger partial charge in [-0.25, -0.2) is 0 Å². The van der Waals surface area contributed by atoms with E-state index in [2.05, 4.69) is 43.6 Å². The number of Topliss-reactive ketones (excluding diaryl/α,β-unsaturated/α-hetero) is 1. The summed E-state index contributed by atoms with van der Waals surface area (Å²) in [6.45, 7) is 13.3. The lowest BCUT2D eigenvalue weighted by Gasteiger charge is -2.46. The summed E-state index contributed by atoms with van der Waals surface area (Å²) in [5, 5.41) is 0. The standard InChI is InChI=1S/C30H49BrO6/c1-6-10-16-33-21-25-27(34-17-11-7-2)29(35-18-12-8-3)30(36-19-13-9-4)28(37-25)26(32)24-15-14-23(31)20-22(24)5/h14-15,20,25,27-30H,6-13,16-19,21H2,1-5H3/t25?,27-,28-,29?,30?/m1/s1. The Balaban J connectivity index is 2.43. The normalized spacial score (nSPS) is 23.9. The summed E-state index contributed by atoms with van der Waals surface area (Å²) in [5.74, 6) is -0.0823. The molecule has 1 aliphatic rings. The fourth-order valence-electron chi connectivity index (χ4n) is 4.43. The molecule has 3 unspecified atom stereocenters. The van der Waals surface area contributed by atoms with Gasteiger partial charge in [0.1, 0.15) is 30.5 Å². The predicted octanol–water partition coefficient (Wildman–Crippen LogP) is 7.08.